The quantitative estimate of drug-likeness (QED) is 0.509. The molecule has 1 aliphatic heterocycles. The van der Waals surface area contributed by atoms with Crippen molar-refractivity contribution in [3.8, 4) is 0 Å². The van der Waals surface area contributed by atoms with Crippen LogP contribution < -0.4 is 15.8 Å². The van der Waals surface area contributed by atoms with E-state index in [9.17, 15) is 4.79 Å². The molecular weight excluding hydrogens is 400 g/mol. The van der Waals surface area contributed by atoms with Crippen molar-refractivity contribution in [2.75, 3.05) is 43.4 Å². The maximum Gasteiger partial charge on any atom is 0.249 e. The van der Waals surface area contributed by atoms with Gasteiger partial charge in [-0.2, -0.15) is 4.98 Å². The number of nitrogens with zero attached hydrogens (tertiary/aromatic N) is 4. The van der Waals surface area contributed by atoms with Crippen LogP contribution in [0.4, 0.5) is 17.3 Å². The first kappa shape index (κ1) is 22.3. The molecule has 3 aromatic rings. The monoisotopic (exact) mass is 434 g/mol. The third-order valence-electron chi connectivity index (χ3n) is 6.32. The van der Waals surface area contributed by atoms with Crippen molar-refractivity contribution in [1.29, 1.82) is 0 Å². The molecule has 1 atom stereocenters. The number of benzene rings is 1. The van der Waals surface area contributed by atoms with Crippen molar-refractivity contribution in [3.05, 3.63) is 52.4 Å². The lowest BCUT2D eigenvalue weighted by Crippen LogP contribution is -2.44. The van der Waals surface area contributed by atoms with Gasteiger partial charge < -0.3 is 20.1 Å². The van der Waals surface area contributed by atoms with E-state index in [0.717, 1.165) is 49.4 Å². The van der Waals surface area contributed by atoms with Crippen LogP contribution in [0.2, 0.25) is 0 Å². The topological polar surface area (TPSA) is 77.2 Å². The largest absolute Gasteiger partial charge is 0.369 e. The highest BCUT2D eigenvalue weighted by molar-refractivity contribution is 5.79. The molecular formula is C25H34N6O. The van der Waals surface area contributed by atoms with Crippen LogP contribution in [0, 0.1) is 0 Å². The summed E-state index contributed by atoms with van der Waals surface area (Å²) in [4.78, 5) is 29.0. The number of hydrogen-bond acceptors (Lipinski definition) is 6. The van der Waals surface area contributed by atoms with Crippen molar-refractivity contribution >= 4 is 28.4 Å². The first-order valence-corrected chi connectivity index (χ1v) is 11.7. The molecule has 32 heavy (non-hydrogen) atoms. The zero-order chi connectivity index (χ0) is 22.5. The van der Waals surface area contributed by atoms with Gasteiger partial charge in [-0.3, -0.25) is 4.79 Å². The zero-order valence-electron chi connectivity index (χ0n) is 19.4. The maximum atomic E-state index is 11.9. The summed E-state index contributed by atoms with van der Waals surface area (Å²) < 4.78 is 0. The van der Waals surface area contributed by atoms with Gasteiger partial charge in [0.2, 0.25) is 11.5 Å². The van der Waals surface area contributed by atoms with E-state index in [1.165, 1.54) is 24.9 Å². The summed E-state index contributed by atoms with van der Waals surface area (Å²) in [6.07, 6.45) is 4.65. The van der Waals surface area contributed by atoms with E-state index in [-0.39, 0.29) is 11.5 Å². The molecule has 0 saturated carbocycles. The lowest BCUT2D eigenvalue weighted by Gasteiger charge is -2.34. The summed E-state index contributed by atoms with van der Waals surface area (Å²) in [6.45, 7) is 8.68. The summed E-state index contributed by atoms with van der Waals surface area (Å²) in [6, 6.07) is 11.8. The molecule has 1 aromatic carbocycles. The molecule has 0 bridgehead atoms. The smallest absolute Gasteiger partial charge is 0.249 e. The van der Waals surface area contributed by atoms with Crippen LogP contribution >= 0.6 is 0 Å². The van der Waals surface area contributed by atoms with Gasteiger partial charge >= 0.3 is 0 Å². The molecule has 170 valence electrons. The standard InChI is InChI=1S/C25H34N6O/c1-4-5-6-7-18(2)23-21-12-13-22(32)27-24(21)29-25(28-23)26-19-8-10-20(11-9-19)31-16-14-30(3)15-17-31/h8-13,18H,4-7,14-17H2,1-3H3,(H2,26,27,28,29,32). The van der Waals surface area contributed by atoms with Crippen LogP contribution in [0.1, 0.15) is 51.1 Å². The van der Waals surface area contributed by atoms with E-state index < -0.39 is 0 Å². The van der Waals surface area contributed by atoms with E-state index in [4.69, 9.17) is 4.98 Å². The third-order valence-corrected chi connectivity index (χ3v) is 6.32. The molecule has 4 rings (SSSR count). The first-order valence-electron chi connectivity index (χ1n) is 11.7. The Bertz CT molecular complexity index is 1090. The molecule has 3 heterocycles. The second-order valence-electron chi connectivity index (χ2n) is 8.88. The average molecular weight is 435 g/mol. The highest BCUT2D eigenvalue weighted by Gasteiger charge is 2.16. The predicted molar refractivity (Wildman–Crippen MR) is 132 cm³/mol. The van der Waals surface area contributed by atoms with Crippen molar-refractivity contribution in [2.24, 2.45) is 0 Å². The number of anilines is 3. The molecule has 2 aromatic heterocycles. The third kappa shape index (κ3) is 5.27. The second kappa shape index (κ2) is 10.1. The Hall–Kier alpha value is -2.93. The minimum absolute atomic E-state index is 0.150. The Kier molecular flexibility index (Phi) is 7.05. The summed E-state index contributed by atoms with van der Waals surface area (Å²) in [5.41, 5.74) is 3.59. The van der Waals surface area contributed by atoms with Gasteiger partial charge in [0, 0.05) is 49.0 Å². The molecule has 7 heteroatoms. The molecule has 0 aliphatic carbocycles. The van der Waals surface area contributed by atoms with E-state index >= 15 is 0 Å². The van der Waals surface area contributed by atoms with Crippen LogP contribution in [0.5, 0.6) is 0 Å². The summed E-state index contributed by atoms with van der Waals surface area (Å²) in [5.74, 6) is 0.808. The highest BCUT2D eigenvalue weighted by atomic mass is 16.1. The van der Waals surface area contributed by atoms with Crippen molar-refractivity contribution in [1.82, 2.24) is 19.9 Å². The van der Waals surface area contributed by atoms with Gasteiger partial charge in [-0.25, -0.2) is 4.98 Å². The average Bonchev–Trinajstić information content (AvgIpc) is 2.79. The fraction of sp³-hybridized carbons (Fsp3) is 0.480. The van der Waals surface area contributed by atoms with Gasteiger partial charge in [0.05, 0.1) is 5.69 Å². The van der Waals surface area contributed by atoms with Crippen LogP contribution in [-0.4, -0.2) is 53.1 Å². The Morgan fingerprint density at radius 2 is 1.78 bits per heavy atom. The number of likely N-dealkylation sites (N-methyl/N-ethyl adjacent to an activating group) is 1. The van der Waals surface area contributed by atoms with Crippen LogP contribution in [0.15, 0.2) is 41.2 Å². The molecule has 0 radical (unpaired) electrons. The number of pyridine rings is 1. The number of unbranched alkanes of at least 4 members (excludes halogenated alkanes) is 2. The number of H-pyrrole nitrogens is 1. The fourth-order valence-electron chi connectivity index (χ4n) is 4.28. The Morgan fingerprint density at radius 3 is 2.50 bits per heavy atom. The van der Waals surface area contributed by atoms with E-state index in [2.05, 4.69) is 70.2 Å². The highest BCUT2D eigenvalue weighted by Crippen LogP contribution is 2.28. The lowest BCUT2D eigenvalue weighted by atomic mass is 9.97. The predicted octanol–water partition coefficient (Wildman–Crippen LogP) is 4.50. The van der Waals surface area contributed by atoms with Gasteiger partial charge in [-0.15, -0.1) is 0 Å². The number of fused-ring (bicyclic) bond motifs is 1. The number of aromatic nitrogens is 3. The number of hydrogen-bond donors (Lipinski definition) is 2. The number of nitrogens with one attached hydrogen (secondary N) is 2. The van der Waals surface area contributed by atoms with E-state index in [0.29, 0.717) is 11.6 Å². The molecule has 7 nitrogen and oxygen atoms in total. The van der Waals surface area contributed by atoms with Crippen LogP contribution in [-0.2, 0) is 0 Å². The Balaban J connectivity index is 1.56. The van der Waals surface area contributed by atoms with Crippen molar-refractivity contribution in [2.45, 2.75) is 45.4 Å². The van der Waals surface area contributed by atoms with Gasteiger partial charge in [-0.05, 0) is 49.7 Å². The molecule has 2 N–H and O–H groups in total. The summed E-state index contributed by atoms with van der Waals surface area (Å²) in [7, 11) is 2.17. The van der Waals surface area contributed by atoms with Gasteiger partial charge in [0.1, 0.15) is 5.65 Å². The van der Waals surface area contributed by atoms with Crippen LogP contribution in [0.25, 0.3) is 11.0 Å². The number of piperazine rings is 1. The van der Waals surface area contributed by atoms with Gasteiger partial charge in [0.15, 0.2) is 0 Å². The molecule has 1 unspecified atom stereocenters. The Morgan fingerprint density at radius 1 is 1.03 bits per heavy atom. The molecule has 1 aliphatic rings. The van der Waals surface area contributed by atoms with E-state index in [1.807, 2.05) is 6.07 Å². The number of aromatic amines is 1. The van der Waals surface area contributed by atoms with Gasteiger partial charge in [-0.1, -0.05) is 33.1 Å². The summed E-state index contributed by atoms with van der Waals surface area (Å²) in [5, 5.41) is 4.27. The van der Waals surface area contributed by atoms with Crippen molar-refractivity contribution in [3.63, 3.8) is 0 Å². The normalized spacial score (nSPS) is 15.8. The number of rotatable bonds is 8. The molecule has 1 saturated heterocycles. The lowest BCUT2D eigenvalue weighted by molar-refractivity contribution is 0.313. The second-order valence-corrected chi connectivity index (χ2v) is 8.88. The fourth-order valence-corrected chi connectivity index (χ4v) is 4.28. The first-order chi connectivity index (χ1) is 15.5. The minimum atomic E-state index is -0.150. The molecule has 0 amide bonds. The summed E-state index contributed by atoms with van der Waals surface area (Å²) >= 11 is 0. The molecule has 1 fully saturated rings. The van der Waals surface area contributed by atoms with Crippen molar-refractivity contribution < 1.29 is 0 Å². The van der Waals surface area contributed by atoms with Gasteiger partial charge in [0.25, 0.3) is 0 Å². The maximum absolute atomic E-state index is 11.9. The SMILES string of the molecule is CCCCCC(C)c1nc(Nc2ccc(N3CCN(C)CC3)cc2)nc2[nH]c(=O)ccc12. The van der Waals surface area contributed by atoms with E-state index in [1.54, 1.807) is 6.07 Å². The van der Waals surface area contributed by atoms with Crippen LogP contribution in [0.3, 0.4) is 0 Å². The Labute approximate surface area is 189 Å². The minimum Gasteiger partial charge on any atom is -0.369 e. The zero-order valence-corrected chi connectivity index (χ0v) is 19.4. The molecule has 0 spiro atoms.